The van der Waals surface area contributed by atoms with Crippen molar-refractivity contribution >= 4 is 109 Å². The largest absolute Gasteiger partial charge is 0.309 e. The van der Waals surface area contributed by atoms with Crippen molar-refractivity contribution in [3.8, 4) is 56.5 Å². The van der Waals surface area contributed by atoms with Crippen LogP contribution in [0.5, 0.6) is 0 Å². The zero-order valence-corrected chi connectivity index (χ0v) is 45.4. The summed E-state index contributed by atoms with van der Waals surface area (Å²) in [4.78, 5) is 11.3. The minimum Gasteiger partial charge on any atom is -0.309 e. The highest BCUT2D eigenvalue weighted by Crippen LogP contribution is 2.42. The third-order valence-corrected chi connectivity index (χ3v) is 17.6. The van der Waals surface area contributed by atoms with E-state index < -0.39 is 0 Å². The van der Waals surface area contributed by atoms with Gasteiger partial charge in [-0.2, -0.15) is 0 Å². The Morgan fingerprint density at radius 3 is 1.10 bits per heavy atom. The number of benzene rings is 13. The number of nitrogens with zero attached hydrogens (tertiary/aromatic N) is 6. The van der Waals surface area contributed by atoms with Gasteiger partial charge < -0.3 is 13.7 Å². The highest BCUT2D eigenvalue weighted by Gasteiger charge is 2.22. The van der Waals surface area contributed by atoms with Gasteiger partial charge in [0.2, 0.25) is 5.95 Å². The number of para-hydroxylation sites is 6. The van der Waals surface area contributed by atoms with Crippen molar-refractivity contribution in [2.24, 2.45) is 0 Å². The molecule has 0 saturated carbocycles. The summed E-state index contributed by atoms with van der Waals surface area (Å²) in [5.74, 6) is 0.625. The average molecular weight is 1070 g/mol. The van der Waals surface area contributed by atoms with Crippen LogP contribution in [-0.2, 0) is 0 Å². The normalized spacial score (nSPS) is 12.0. The van der Waals surface area contributed by atoms with Gasteiger partial charge in [0.25, 0.3) is 0 Å². The Hall–Kier alpha value is -11.3. The van der Waals surface area contributed by atoms with Gasteiger partial charge >= 0.3 is 0 Å². The van der Waals surface area contributed by atoms with E-state index in [1.54, 1.807) is 0 Å². The molecule has 0 N–H and O–H groups in total. The Balaban J connectivity index is 0.787. The second-order valence-electron chi connectivity index (χ2n) is 22.1. The molecule has 0 bridgehead atoms. The van der Waals surface area contributed by atoms with Crippen LogP contribution in [0.3, 0.4) is 0 Å². The van der Waals surface area contributed by atoms with Gasteiger partial charge in [0.1, 0.15) is 0 Å². The van der Waals surface area contributed by atoms with E-state index >= 15 is 0 Å². The molecule has 84 heavy (non-hydrogen) atoms. The molecule has 0 amide bonds. The lowest BCUT2D eigenvalue weighted by Crippen LogP contribution is -2.04. The molecule has 5 aromatic heterocycles. The minimum atomic E-state index is 0.625. The molecule has 390 valence electrons. The molecule has 18 aromatic rings. The zero-order valence-electron chi connectivity index (χ0n) is 45.4. The van der Waals surface area contributed by atoms with Crippen molar-refractivity contribution in [2.75, 3.05) is 0 Å². The van der Waals surface area contributed by atoms with Crippen LogP contribution in [0.25, 0.3) is 165 Å². The van der Waals surface area contributed by atoms with Crippen molar-refractivity contribution in [1.82, 2.24) is 28.2 Å². The SMILES string of the molecule is c1ccc(-n2c3ccccc3c3cc(-c4ccc5c6ccccc6n(-c6ccc(-c7nc(-n8c9ccccc9c9ccc(-c%10ccc%11c(c%10)c%10ccccc%10n%11-c%10ccccc%10)cc98)nc8c7ccc7ccccc78)cc6)c5c4)ccc32)cc1. The fourth-order valence-corrected chi connectivity index (χ4v) is 13.7. The Kier molecular flexibility index (Phi) is 9.99. The molecule has 13 aromatic carbocycles. The molecule has 18 rings (SSSR count). The molecule has 0 unspecified atom stereocenters. The molecule has 6 heteroatoms. The van der Waals surface area contributed by atoms with E-state index in [-0.39, 0.29) is 0 Å². The zero-order chi connectivity index (χ0) is 55.0. The van der Waals surface area contributed by atoms with Crippen LogP contribution < -0.4 is 0 Å². The lowest BCUT2D eigenvalue weighted by molar-refractivity contribution is 1.02. The Morgan fingerprint density at radius 2 is 0.560 bits per heavy atom. The van der Waals surface area contributed by atoms with Gasteiger partial charge in [-0.1, -0.05) is 188 Å². The fourth-order valence-electron chi connectivity index (χ4n) is 13.7. The van der Waals surface area contributed by atoms with Gasteiger partial charge in [-0.25, -0.2) is 9.97 Å². The van der Waals surface area contributed by atoms with Crippen LogP contribution in [0.1, 0.15) is 0 Å². The van der Waals surface area contributed by atoms with Gasteiger partial charge in [-0.3, -0.25) is 4.57 Å². The van der Waals surface area contributed by atoms with Crippen molar-refractivity contribution < 1.29 is 0 Å². The van der Waals surface area contributed by atoms with E-state index in [2.05, 4.69) is 309 Å². The maximum absolute atomic E-state index is 5.67. The van der Waals surface area contributed by atoms with Crippen LogP contribution >= 0.6 is 0 Å². The maximum atomic E-state index is 5.67. The average Bonchev–Trinajstić information content (AvgIpc) is 4.43. The monoisotopic (exact) mass is 1070 g/mol. The van der Waals surface area contributed by atoms with Crippen LogP contribution in [-0.4, -0.2) is 28.2 Å². The van der Waals surface area contributed by atoms with Crippen LogP contribution in [0.15, 0.2) is 291 Å². The molecular formula is C78H48N6. The van der Waals surface area contributed by atoms with Crippen LogP contribution in [0, 0.1) is 0 Å². The third-order valence-electron chi connectivity index (χ3n) is 17.6. The molecule has 5 heterocycles. The topological polar surface area (TPSA) is 45.5 Å². The minimum absolute atomic E-state index is 0.625. The van der Waals surface area contributed by atoms with Crippen LogP contribution in [0.2, 0.25) is 0 Å². The summed E-state index contributed by atoms with van der Waals surface area (Å²) in [6.45, 7) is 0. The smallest absolute Gasteiger partial charge is 0.235 e. The molecule has 0 radical (unpaired) electrons. The van der Waals surface area contributed by atoms with Gasteiger partial charge in [-0.05, 0) is 131 Å². The quantitative estimate of drug-likeness (QED) is 0.149. The standard InChI is InChI=1S/C78H48N6/c1-3-18-55(19-4-1)81-69-28-14-11-25-61(69)66-45-51(36-43-72(66)81)53-34-40-63-59-23-9-13-27-68(59)83(74(63)47-53)57-38-31-50(32-39-57)76-65-42-33-49-17-7-8-22-58(49)77(65)80-78(79-76)84-71-30-16-10-24-60(71)64-41-35-54(48-75(64)84)52-37-44-73-67(46-52)62-26-12-15-29-70(62)82(73)56-20-5-2-6-21-56/h1-48H. The lowest BCUT2D eigenvalue weighted by atomic mass is 10.0. The molecule has 0 spiro atoms. The van der Waals surface area contributed by atoms with E-state index in [1.165, 1.54) is 65.5 Å². The molecule has 0 saturated heterocycles. The van der Waals surface area contributed by atoms with Crippen molar-refractivity contribution in [2.45, 2.75) is 0 Å². The van der Waals surface area contributed by atoms with E-state index in [1.807, 2.05) is 0 Å². The first kappa shape index (κ1) is 46.4. The molecule has 0 aliphatic heterocycles. The number of fused-ring (bicyclic) bond motifs is 15. The first-order valence-corrected chi connectivity index (χ1v) is 28.7. The number of rotatable bonds is 7. The van der Waals surface area contributed by atoms with Gasteiger partial charge in [0, 0.05) is 76.5 Å². The van der Waals surface area contributed by atoms with E-state index in [4.69, 9.17) is 9.97 Å². The first-order chi connectivity index (χ1) is 41.7. The summed E-state index contributed by atoms with van der Waals surface area (Å²) in [6, 6.07) is 106. The molecule has 0 aliphatic rings. The van der Waals surface area contributed by atoms with Crippen molar-refractivity contribution in [3.05, 3.63) is 291 Å². The Morgan fingerprint density at radius 1 is 0.202 bits per heavy atom. The summed E-state index contributed by atoms with van der Waals surface area (Å²) in [5.41, 5.74) is 20.0. The Bertz CT molecular complexity index is 5720. The number of hydrogen-bond acceptors (Lipinski definition) is 2. The number of hydrogen-bond donors (Lipinski definition) is 0. The molecule has 0 atom stereocenters. The van der Waals surface area contributed by atoms with E-state index in [0.29, 0.717) is 5.95 Å². The van der Waals surface area contributed by atoms with E-state index in [0.717, 1.165) is 94.0 Å². The predicted molar refractivity (Wildman–Crippen MR) is 351 cm³/mol. The summed E-state index contributed by atoms with van der Waals surface area (Å²) in [6.07, 6.45) is 0. The third kappa shape index (κ3) is 6.92. The summed E-state index contributed by atoms with van der Waals surface area (Å²) >= 11 is 0. The second kappa shape index (κ2) is 18.1. The first-order valence-electron chi connectivity index (χ1n) is 28.7. The van der Waals surface area contributed by atoms with Gasteiger partial charge in [0.15, 0.2) is 0 Å². The molecule has 0 aliphatic carbocycles. The van der Waals surface area contributed by atoms with Crippen LogP contribution in [0.4, 0.5) is 0 Å². The van der Waals surface area contributed by atoms with Gasteiger partial charge in [-0.15, -0.1) is 0 Å². The van der Waals surface area contributed by atoms with E-state index in [9.17, 15) is 0 Å². The number of aromatic nitrogens is 6. The maximum Gasteiger partial charge on any atom is 0.235 e. The summed E-state index contributed by atoms with van der Waals surface area (Å²) < 4.78 is 9.45. The van der Waals surface area contributed by atoms with Gasteiger partial charge in [0.05, 0.1) is 55.3 Å². The summed E-state index contributed by atoms with van der Waals surface area (Å²) in [7, 11) is 0. The predicted octanol–water partition coefficient (Wildman–Crippen LogP) is 20.2. The fraction of sp³-hybridized carbons (Fsp3) is 0. The molecule has 6 nitrogen and oxygen atoms in total. The highest BCUT2D eigenvalue weighted by molar-refractivity contribution is 6.15. The van der Waals surface area contributed by atoms with Crippen molar-refractivity contribution in [1.29, 1.82) is 0 Å². The highest BCUT2D eigenvalue weighted by atomic mass is 15.2. The Labute approximate surface area is 482 Å². The van der Waals surface area contributed by atoms with Crippen molar-refractivity contribution in [3.63, 3.8) is 0 Å². The lowest BCUT2D eigenvalue weighted by Gasteiger charge is -2.14. The molecular weight excluding hydrogens is 1020 g/mol. The molecule has 0 fully saturated rings. The second-order valence-corrected chi connectivity index (χ2v) is 22.1. The summed E-state index contributed by atoms with van der Waals surface area (Å²) in [5, 5.41) is 12.9.